The number of hydrogen-bond donors (Lipinski definition) is 5. The first kappa shape index (κ1) is 35.0. The maximum Gasteiger partial charge on any atom is 0.317 e. The van der Waals surface area contributed by atoms with Gasteiger partial charge < -0.3 is 32.1 Å². The van der Waals surface area contributed by atoms with Gasteiger partial charge >= 0.3 is 6.03 Å². The Bertz CT molecular complexity index is 1490. The van der Waals surface area contributed by atoms with E-state index in [1.807, 2.05) is 52.8 Å². The van der Waals surface area contributed by atoms with E-state index in [9.17, 15) is 24.3 Å². The predicted molar refractivity (Wildman–Crippen MR) is 174 cm³/mol. The van der Waals surface area contributed by atoms with Crippen LogP contribution in [0.2, 0.25) is 0 Å². The molecule has 11 heteroatoms. The van der Waals surface area contributed by atoms with Gasteiger partial charge in [-0.15, -0.1) is 0 Å². The zero-order valence-electron chi connectivity index (χ0n) is 26.7. The molecule has 0 fully saturated rings. The molecule has 0 aliphatic carbocycles. The lowest BCUT2D eigenvalue weighted by molar-refractivity contribution is -0.134. The van der Waals surface area contributed by atoms with Crippen LogP contribution in [0.4, 0.5) is 4.79 Å². The minimum atomic E-state index is -2.13. The number of carbonyl (C=O) groups excluding carboxylic acids is 4. The molecule has 0 aliphatic heterocycles. The van der Waals surface area contributed by atoms with Crippen molar-refractivity contribution in [2.75, 3.05) is 13.1 Å². The minimum Gasteiger partial charge on any atom is -0.391 e. The maximum absolute atomic E-state index is 13.7. The number of urea groups is 1. The Kier molecular flexibility index (Phi) is 11.6. The number of nitrogens with one attached hydrogen (secondary N) is 2. The molecule has 0 bridgehead atoms. The third-order valence-corrected chi connectivity index (χ3v) is 7.61. The van der Waals surface area contributed by atoms with Crippen LogP contribution in [0.25, 0.3) is 10.9 Å². The number of nitrogens with zero attached hydrogens (tertiary/aromatic N) is 2. The van der Waals surface area contributed by atoms with Gasteiger partial charge in [0.15, 0.2) is 0 Å². The molecule has 0 radical (unpaired) electrons. The lowest BCUT2D eigenvalue weighted by Crippen LogP contribution is -2.67. The van der Waals surface area contributed by atoms with Crippen LogP contribution in [0.1, 0.15) is 63.5 Å². The van der Waals surface area contributed by atoms with E-state index < -0.39 is 53.3 Å². The van der Waals surface area contributed by atoms with Gasteiger partial charge in [-0.25, -0.2) is 9.78 Å². The van der Waals surface area contributed by atoms with Crippen LogP contribution in [-0.2, 0) is 16.0 Å². The third kappa shape index (κ3) is 9.74. The Labute approximate surface area is 264 Å². The summed E-state index contributed by atoms with van der Waals surface area (Å²) < 4.78 is 0. The number of carbonyl (C=O) groups is 4. The molecule has 242 valence electrons. The lowest BCUT2D eigenvalue weighted by Gasteiger charge is -2.42. The Balaban J connectivity index is 2.10. The summed E-state index contributed by atoms with van der Waals surface area (Å²) in [5.41, 5.74) is 10.3. The number of fused-ring (bicyclic) bond motifs is 1. The van der Waals surface area contributed by atoms with Gasteiger partial charge in [-0.05, 0) is 57.2 Å². The molecule has 0 aliphatic rings. The average Bonchev–Trinajstić information content (AvgIpc) is 2.96. The third-order valence-electron chi connectivity index (χ3n) is 7.61. The highest BCUT2D eigenvalue weighted by molar-refractivity contribution is 6.01. The second-order valence-corrected chi connectivity index (χ2v) is 13.0. The fourth-order valence-electron chi connectivity index (χ4n) is 5.28. The summed E-state index contributed by atoms with van der Waals surface area (Å²) in [6.07, 6.45) is -1.42. The Morgan fingerprint density at radius 1 is 0.911 bits per heavy atom. The van der Waals surface area contributed by atoms with Gasteiger partial charge in [0.1, 0.15) is 11.2 Å². The second-order valence-electron chi connectivity index (χ2n) is 13.0. The Morgan fingerprint density at radius 2 is 1.56 bits per heavy atom. The number of benzene rings is 2. The molecule has 5 amide bonds. The molecule has 3 aromatic rings. The van der Waals surface area contributed by atoms with Crippen molar-refractivity contribution in [3.63, 3.8) is 0 Å². The zero-order valence-corrected chi connectivity index (χ0v) is 26.7. The number of rotatable bonds is 14. The smallest absolute Gasteiger partial charge is 0.317 e. The molecule has 7 N–H and O–H groups in total. The number of aliphatic hydroxyl groups is 1. The first-order valence-corrected chi connectivity index (χ1v) is 15.2. The molecular weight excluding hydrogens is 572 g/mol. The molecule has 11 nitrogen and oxygen atoms in total. The Morgan fingerprint density at radius 3 is 2.16 bits per heavy atom. The number of hydrogen-bond acceptors (Lipinski definition) is 6. The molecule has 45 heavy (non-hydrogen) atoms. The Hall–Kier alpha value is -4.51. The molecule has 1 heterocycles. The van der Waals surface area contributed by atoms with Gasteiger partial charge in [0, 0.05) is 29.9 Å². The molecule has 0 saturated carbocycles. The van der Waals surface area contributed by atoms with E-state index in [1.54, 1.807) is 42.5 Å². The van der Waals surface area contributed by atoms with Gasteiger partial charge in [-0.2, -0.15) is 0 Å². The summed E-state index contributed by atoms with van der Waals surface area (Å²) in [4.78, 5) is 59.1. The van der Waals surface area contributed by atoms with Crippen molar-refractivity contribution in [2.45, 2.75) is 71.1 Å². The fraction of sp³-hybridized carbons (Fsp3) is 0.441. The number of primary amides is 2. The molecule has 1 aromatic heterocycles. The lowest BCUT2D eigenvalue weighted by atomic mass is 9.73. The quantitative estimate of drug-likeness (QED) is 0.185. The summed E-state index contributed by atoms with van der Waals surface area (Å²) in [5, 5.41) is 18.3. The number of aliphatic hydroxyl groups excluding tert-OH is 1. The number of nitrogens with two attached hydrogens (primary N) is 2. The molecular formula is C34H46N6O5. The first-order chi connectivity index (χ1) is 21.1. The van der Waals surface area contributed by atoms with E-state index in [4.69, 9.17) is 11.5 Å². The van der Waals surface area contributed by atoms with Crippen molar-refractivity contribution in [2.24, 2.45) is 23.3 Å². The fourth-order valence-corrected chi connectivity index (χ4v) is 5.28. The van der Waals surface area contributed by atoms with Crippen molar-refractivity contribution in [1.82, 2.24) is 20.5 Å². The van der Waals surface area contributed by atoms with E-state index >= 15 is 0 Å². The number of para-hydroxylation sites is 1. The van der Waals surface area contributed by atoms with Crippen molar-refractivity contribution in [1.29, 1.82) is 0 Å². The highest BCUT2D eigenvalue weighted by Crippen LogP contribution is 2.30. The molecule has 3 unspecified atom stereocenters. The second kappa shape index (κ2) is 15.0. The van der Waals surface area contributed by atoms with Crippen LogP contribution in [0.15, 0.2) is 66.7 Å². The van der Waals surface area contributed by atoms with Crippen molar-refractivity contribution < 1.29 is 24.3 Å². The number of pyridine rings is 1. The van der Waals surface area contributed by atoms with Crippen LogP contribution in [-0.4, -0.2) is 69.0 Å². The topological polar surface area (TPSA) is 181 Å². The summed E-state index contributed by atoms with van der Waals surface area (Å²) in [6.45, 7) is 9.71. The van der Waals surface area contributed by atoms with Gasteiger partial charge in [-0.3, -0.25) is 14.4 Å². The van der Waals surface area contributed by atoms with Crippen molar-refractivity contribution in [3.05, 3.63) is 78.0 Å². The van der Waals surface area contributed by atoms with Gasteiger partial charge in [-0.1, -0.05) is 68.4 Å². The first-order valence-electron chi connectivity index (χ1n) is 15.2. The predicted octanol–water partition coefficient (Wildman–Crippen LogP) is 3.14. The van der Waals surface area contributed by atoms with Gasteiger partial charge in [0.25, 0.3) is 5.91 Å². The average molecular weight is 619 g/mol. The van der Waals surface area contributed by atoms with Crippen molar-refractivity contribution >= 4 is 34.7 Å². The summed E-state index contributed by atoms with van der Waals surface area (Å²) in [7, 11) is 0. The molecule has 0 saturated heterocycles. The number of aromatic nitrogens is 1. The largest absolute Gasteiger partial charge is 0.391 e. The highest BCUT2D eigenvalue weighted by Gasteiger charge is 2.50. The van der Waals surface area contributed by atoms with Crippen LogP contribution in [0.5, 0.6) is 0 Å². The zero-order chi connectivity index (χ0) is 33.4. The van der Waals surface area contributed by atoms with Crippen molar-refractivity contribution in [3.8, 4) is 0 Å². The van der Waals surface area contributed by atoms with Crippen LogP contribution in [0.3, 0.4) is 0 Å². The SMILES string of the molecule is CC(C)CCN(CC(O)C(Cc1ccccc1)C(CC(N)=O)(NC(=O)c1ccc2ccccc2n1)C(N)=O)C(=O)NC(C)(C)C. The van der Waals surface area contributed by atoms with E-state index in [2.05, 4.69) is 15.6 Å². The van der Waals surface area contributed by atoms with Crippen LogP contribution < -0.4 is 22.1 Å². The summed E-state index contributed by atoms with van der Waals surface area (Å²) >= 11 is 0. The molecule has 3 atom stereocenters. The number of amides is 5. The normalized spacial score (nSPS) is 14.3. The maximum atomic E-state index is 13.7. The van der Waals surface area contributed by atoms with E-state index in [0.717, 1.165) is 5.39 Å². The molecule has 2 aromatic carbocycles. The van der Waals surface area contributed by atoms with Crippen LogP contribution in [0, 0.1) is 11.8 Å². The summed E-state index contributed by atoms with van der Waals surface area (Å²) in [6, 6.07) is 19.0. The van der Waals surface area contributed by atoms with Gasteiger partial charge in [0.2, 0.25) is 11.8 Å². The molecule has 0 spiro atoms. The summed E-state index contributed by atoms with van der Waals surface area (Å²) in [5.74, 6) is -3.64. The standard InChI is InChI=1S/C34H46N6O5/c1-22(2)17-18-40(32(45)39-33(3,4)5)21-28(41)25(19-23-11-7-6-8-12-23)34(31(36)44,20-29(35)42)38-30(43)27-16-15-24-13-9-10-14-26(24)37-27/h6-16,22,25,28,41H,17-21H2,1-5H3,(H2,35,42)(H2,36,44)(H,38,43)(H,39,45). The van der Waals surface area contributed by atoms with E-state index in [1.165, 1.54) is 11.0 Å². The monoisotopic (exact) mass is 618 g/mol. The highest BCUT2D eigenvalue weighted by atomic mass is 16.3. The van der Waals surface area contributed by atoms with Crippen LogP contribution >= 0.6 is 0 Å². The molecule has 3 rings (SSSR count). The van der Waals surface area contributed by atoms with Gasteiger partial charge in [0.05, 0.1) is 18.0 Å². The van der Waals surface area contributed by atoms with E-state index in [0.29, 0.717) is 24.0 Å². The van der Waals surface area contributed by atoms with E-state index in [-0.39, 0.29) is 24.6 Å². The minimum absolute atomic E-state index is 0.0140.